The molecule has 6 heteroatoms. The molecule has 1 aromatic heterocycles. The van der Waals surface area contributed by atoms with Crippen LogP contribution in [0.2, 0.25) is 0 Å². The zero-order valence-corrected chi connectivity index (χ0v) is 12.7. The van der Waals surface area contributed by atoms with Gasteiger partial charge in [-0.05, 0) is 18.8 Å². The van der Waals surface area contributed by atoms with Gasteiger partial charge in [0.15, 0.2) is 5.16 Å². The summed E-state index contributed by atoms with van der Waals surface area (Å²) in [5, 5.41) is 12.3. The third-order valence-electron chi connectivity index (χ3n) is 3.07. The highest BCUT2D eigenvalue weighted by Crippen LogP contribution is 2.28. The van der Waals surface area contributed by atoms with Crippen LogP contribution in [0.4, 0.5) is 0 Å². The quantitative estimate of drug-likeness (QED) is 0.772. The van der Waals surface area contributed by atoms with Gasteiger partial charge in [0.25, 0.3) is 0 Å². The number of carbonyl (C=O) groups is 1. The normalized spacial score (nSPS) is 14.9. The first kappa shape index (κ1) is 14.4. The minimum atomic E-state index is 0.191. The molecule has 1 aliphatic rings. The highest BCUT2D eigenvalue weighted by atomic mass is 32.2. The van der Waals surface area contributed by atoms with Gasteiger partial charge in [-0.2, -0.15) is 0 Å². The Hall–Kier alpha value is -1.04. The number of nitrogens with zero attached hydrogens (tertiary/aromatic N) is 3. The number of amides is 1. The molecule has 1 aliphatic carbocycles. The van der Waals surface area contributed by atoms with E-state index < -0.39 is 0 Å². The Morgan fingerprint density at radius 1 is 1.47 bits per heavy atom. The van der Waals surface area contributed by atoms with Crippen molar-refractivity contribution < 1.29 is 4.79 Å². The van der Waals surface area contributed by atoms with E-state index in [4.69, 9.17) is 0 Å². The van der Waals surface area contributed by atoms with Crippen molar-refractivity contribution in [1.29, 1.82) is 0 Å². The fourth-order valence-corrected chi connectivity index (χ4v) is 2.60. The lowest BCUT2D eigenvalue weighted by Gasteiger charge is -2.06. The van der Waals surface area contributed by atoms with E-state index in [1.54, 1.807) is 11.8 Å². The molecule has 0 spiro atoms. The van der Waals surface area contributed by atoms with Gasteiger partial charge in [0.05, 0.1) is 0 Å². The lowest BCUT2D eigenvalue weighted by molar-refractivity contribution is -0.122. The summed E-state index contributed by atoms with van der Waals surface area (Å²) >= 11 is 1.73. The largest absolute Gasteiger partial charge is 0.355 e. The zero-order valence-electron chi connectivity index (χ0n) is 11.8. The molecule has 2 rings (SSSR count). The maximum Gasteiger partial charge on any atom is 0.223 e. The van der Waals surface area contributed by atoms with E-state index in [2.05, 4.69) is 29.4 Å². The third kappa shape index (κ3) is 4.23. The third-order valence-corrected chi connectivity index (χ3v) is 4.51. The monoisotopic (exact) mass is 282 g/mol. The van der Waals surface area contributed by atoms with Crippen LogP contribution >= 0.6 is 11.8 Å². The van der Waals surface area contributed by atoms with E-state index in [9.17, 15) is 4.79 Å². The molecule has 0 unspecified atom stereocenters. The summed E-state index contributed by atoms with van der Waals surface area (Å²) in [4.78, 5) is 11.5. The van der Waals surface area contributed by atoms with Crippen molar-refractivity contribution in [2.24, 2.45) is 18.9 Å². The Morgan fingerprint density at radius 3 is 2.84 bits per heavy atom. The number of hydrogen-bond donors (Lipinski definition) is 1. The molecule has 0 aliphatic heterocycles. The second-order valence-corrected chi connectivity index (χ2v) is 6.47. The van der Waals surface area contributed by atoms with Gasteiger partial charge in [0.1, 0.15) is 5.82 Å². The summed E-state index contributed by atoms with van der Waals surface area (Å²) in [6.45, 7) is 5.03. The Kier molecular flexibility index (Phi) is 4.85. The van der Waals surface area contributed by atoms with Gasteiger partial charge in [-0.15, -0.1) is 10.2 Å². The first-order valence-electron chi connectivity index (χ1n) is 6.86. The maximum absolute atomic E-state index is 11.5. The van der Waals surface area contributed by atoms with Crippen molar-refractivity contribution in [1.82, 2.24) is 20.1 Å². The number of aromatic nitrogens is 3. The molecule has 5 nitrogen and oxygen atoms in total. The van der Waals surface area contributed by atoms with E-state index >= 15 is 0 Å². The maximum atomic E-state index is 11.5. The van der Waals surface area contributed by atoms with Crippen LogP contribution in [-0.2, 0) is 18.3 Å². The standard InChI is InChI=1S/C13H22N4OS/c1-9(2)8-19-13-16-15-11(17(13)3)6-7-14-12(18)10-4-5-10/h9-10H,4-8H2,1-3H3,(H,14,18). The molecule has 0 bridgehead atoms. The summed E-state index contributed by atoms with van der Waals surface area (Å²) < 4.78 is 2.02. The molecule has 1 amide bonds. The van der Waals surface area contributed by atoms with Crippen LogP contribution in [0.1, 0.15) is 32.5 Å². The predicted octanol–water partition coefficient (Wildman–Crippen LogP) is 1.63. The summed E-state index contributed by atoms with van der Waals surface area (Å²) in [5.41, 5.74) is 0. The van der Waals surface area contributed by atoms with Crippen molar-refractivity contribution in [3.63, 3.8) is 0 Å². The van der Waals surface area contributed by atoms with Gasteiger partial charge in [-0.25, -0.2) is 0 Å². The molecule has 19 heavy (non-hydrogen) atoms. The van der Waals surface area contributed by atoms with Gasteiger partial charge in [0, 0.05) is 31.7 Å². The molecule has 0 atom stereocenters. The van der Waals surface area contributed by atoms with Crippen molar-refractivity contribution in [2.75, 3.05) is 12.3 Å². The summed E-state index contributed by atoms with van der Waals surface area (Å²) in [6.07, 6.45) is 2.84. The molecule has 1 N–H and O–H groups in total. The van der Waals surface area contributed by atoms with Gasteiger partial charge in [-0.1, -0.05) is 25.6 Å². The topological polar surface area (TPSA) is 59.8 Å². The van der Waals surface area contributed by atoms with Gasteiger partial charge < -0.3 is 9.88 Å². The van der Waals surface area contributed by atoms with Gasteiger partial charge in [-0.3, -0.25) is 4.79 Å². The first-order chi connectivity index (χ1) is 9.08. The number of thioether (sulfide) groups is 1. The molecule has 106 valence electrons. The predicted molar refractivity (Wildman–Crippen MR) is 76.0 cm³/mol. The highest BCUT2D eigenvalue weighted by molar-refractivity contribution is 7.99. The second kappa shape index (κ2) is 6.41. The molecular weight excluding hydrogens is 260 g/mol. The molecular formula is C13H22N4OS. The number of carbonyl (C=O) groups excluding carboxylic acids is 1. The van der Waals surface area contributed by atoms with Crippen LogP contribution in [0.3, 0.4) is 0 Å². The van der Waals surface area contributed by atoms with Crippen molar-refractivity contribution >= 4 is 17.7 Å². The fourth-order valence-electron chi connectivity index (χ4n) is 1.72. The molecule has 0 aromatic carbocycles. The Balaban J connectivity index is 1.78. The van der Waals surface area contributed by atoms with Crippen molar-refractivity contribution in [2.45, 2.75) is 38.3 Å². The minimum Gasteiger partial charge on any atom is -0.355 e. The molecule has 0 saturated heterocycles. The highest BCUT2D eigenvalue weighted by Gasteiger charge is 2.29. The number of nitrogens with one attached hydrogen (secondary N) is 1. The summed E-state index contributed by atoms with van der Waals surface area (Å²) in [7, 11) is 1.99. The SMILES string of the molecule is CC(C)CSc1nnc(CCNC(=O)C2CC2)n1C. The van der Waals surface area contributed by atoms with Crippen LogP contribution in [-0.4, -0.2) is 33.0 Å². The van der Waals surface area contributed by atoms with Crippen LogP contribution in [0.5, 0.6) is 0 Å². The zero-order chi connectivity index (χ0) is 13.8. The van der Waals surface area contributed by atoms with Crippen molar-refractivity contribution in [3.05, 3.63) is 5.82 Å². The molecule has 1 saturated carbocycles. The Labute approximate surface area is 118 Å². The summed E-state index contributed by atoms with van der Waals surface area (Å²) in [6, 6.07) is 0. The lowest BCUT2D eigenvalue weighted by atomic mass is 10.3. The molecule has 1 aromatic rings. The first-order valence-corrected chi connectivity index (χ1v) is 7.85. The van der Waals surface area contributed by atoms with E-state index in [1.807, 2.05) is 11.6 Å². The molecule has 1 fully saturated rings. The van der Waals surface area contributed by atoms with E-state index in [0.717, 1.165) is 36.0 Å². The van der Waals surface area contributed by atoms with Crippen LogP contribution < -0.4 is 5.32 Å². The molecule has 1 heterocycles. The van der Waals surface area contributed by atoms with Crippen molar-refractivity contribution in [3.8, 4) is 0 Å². The van der Waals surface area contributed by atoms with Crippen LogP contribution in [0.25, 0.3) is 0 Å². The summed E-state index contributed by atoms with van der Waals surface area (Å²) in [5.74, 6) is 3.09. The molecule has 0 radical (unpaired) electrons. The average molecular weight is 282 g/mol. The number of hydrogen-bond acceptors (Lipinski definition) is 4. The fraction of sp³-hybridized carbons (Fsp3) is 0.769. The van der Waals surface area contributed by atoms with E-state index in [0.29, 0.717) is 12.5 Å². The van der Waals surface area contributed by atoms with E-state index in [-0.39, 0.29) is 11.8 Å². The van der Waals surface area contributed by atoms with Gasteiger partial charge >= 0.3 is 0 Å². The Morgan fingerprint density at radius 2 is 2.21 bits per heavy atom. The van der Waals surface area contributed by atoms with Crippen LogP contribution in [0.15, 0.2) is 5.16 Å². The second-order valence-electron chi connectivity index (χ2n) is 5.48. The minimum absolute atomic E-state index is 0.191. The Bertz CT molecular complexity index is 440. The number of rotatable bonds is 7. The average Bonchev–Trinajstić information content (AvgIpc) is 3.15. The van der Waals surface area contributed by atoms with Crippen LogP contribution in [0, 0.1) is 11.8 Å². The van der Waals surface area contributed by atoms with E-state index in [1.165, 1.54) is 0 Å². The van der Waals surface area contributed by atoms with Gasteiger partial charge in [0.2, 0.25) is 5.91 Å². The smallest absolute Gasteiger partial charge is 0.223 e. The lowest BCUT2D eigenvalue weighted by Crippen LogP contribution is -2.27.